The molecule has 0 aliphatic heterocycles. The zero-order valence-electron chi connectivity index (χ0n) is 28.4. The van der Waals surface area contributed by atoms with Crippen molar-refractivity contribution in [3.8, 4) is 17.0 Å². The maximum atomic E-state index is 12.1. The summed E-state index contributed by atoms with van der Waals surface area (Å²) in [5.41, 5.74) is 5.22. The molecular formula is C42H44N2O4S. The molecule has 4 aromatic carbocycles. The van der Waals surface area contributed by atoms with Crippen LogP contribution in [-0.4, -0.2) is 29.1 Å². The Balaban J connectivity index is 1.21. The van der Waals surface area contributed by atoms with Gasteiger partial charge >= 0.3 is 0 Å². The lowest BCUT2D eigenvalue weighted by atomic mass is 9.69. The van der Waals surface area contributed by atoms with E-state index in [0.717, 1.165) is 58.5 Å². The summed E-state index contributed by atoms with van der Waals surface area (Å²) in [6, 6.07) is 39.6. The second kappa shape index (κ2) is 14.4. The molecule has 1 unspecified atom stereocenters. The van der Waals surface area contributed by atoms with Crippen LogP contribution in [0, 0.1) is 11.3 Å². The van der Waals surface area contributed by atoms with Crippen LogP contribution in [0.15, 0.2) is 150 Å². The van der Waals surface area contributed by atoms with Crippen LogP contribution in [0.4, 0.5) is 0 Å². The van der Waals surface area contributed by atoms with Gasteiger partial charge in [0.05, 0.1) is 23.5 Å². The van der Waals surface area contributed by atoms with E-state index in [1.165, 1.54) is 0 Å². The van der Waals surface area contributed by atoms with Crippen LogP contribution in [-0.2, 0) is 15.7 Å². The first-order chi connectivity index (χ1) is 23.6. The summed E-state index contributed by atoms with van der Waals surface area (Å²) in [6.07, 6.45) is 10.6. The second-order valence-corrected chi connectivity index (χ2v) is 14.8. The minimum Gasteiger partial charge on any atom is -0.493 e. The van der Waals surface area contributed by atoms with E-state index in [4.69, 9.17) is 9.72 Å². The lowest BCUT2D eigenvalue weighted by Gasteiger charge is -2.38. The normalized spacial score (nSPS) is 16.1. The van der Waals surface area contributed by atoms with Crippen molar-refractivity contribution in [1.82, 2.24) is 9.55 Å². The van der Waals surface area contributed by atoms with E-state index < -0.39 is 15.7 Å². The van der Waals surface area contributed by atoms with Crippen LogP contribution in [0.25, 0.3) is 11.3 Å². The summed E-state index contributed by atoms with van der Waals surface area (Å²) in [4.78, 5) is 5.06. The molecule has 1 aliphatic carbocycles. The van der Waals surface area contributed by atoms with E-state index in [-0.39, 0.29) is 16.2 Å². The molecule has 6 nitrogen and oxygen atoms in total. The van der Waals surface area contributed by atoms with Crippen molar-refractivity contribution < 1.29 is 17.7 Å². The van der Waals surface area contributed by atoms with E-state index in [1.807, 2.05) is 69.6 Å². The summed E-state index contributed by atoms with van der Waals surface area (Å²) in [5, 5.41) is 0. The highest BCUT2D eigenvalue weighted by molar-refractivity contribution is 7.89. The SMILES string of the molecule is CC1=CC=C(S(=O)(=O)O)C(CCCCCOc2ccccc2-c2cn(C(c3ccccc3)(c3ccccc3)c3ccccc3)cn2)C1(C)C. The van der Waals surface area contributed by atoms with Gasteiger partial charge in [-0.2, -0.15) is 8.42 Å². The molecule has 1 heterocycles. The van der Waals surface area contributed by atoms with Gasteiger partial charge in [-0.05, 0) is 60.1 Å². The minimum absolute atomic E-state index is 0.114. The van der Waals surface area contributed by atoms with Crippen LogP contribution < -0.4 is 4.74 Å². The topological polar surface area (TPSA) is 81.4 Å². The molecule has 0 spiro atoms. The molecule has 7 heteroatoms. The number of ether oxygens (including phenoxy) is 1. The van der Waals surface area contributed by atoms with Crippen LogP contribution in [0.2, 0.25) is 0 Å². The highest BCUT2D eigenvalue weighted by atomic mass is 32.2. The fourth-order valence-electron chi connectivity index (χ4n) is 7.18. The van der Waals surface area contributed by atoms with Crippen molar-refractivity contribution in [3.63, 3.8) is 0 Å². The molecule has 49 heavy (non-hydrogen) atoms. The zero-order chi connectivity index (χ0) is 34.5. The molecule has 1 aliphatic rings. The van der Waals surface area contributed by atoms with Crippen molar-refractivity contribution >= 4 is 10.1 Å². The Labute approximate surface area is 290 Å². The first kappa shape index (κ1) is 34.2. The van der Waals surface area contributed by atoms with E-state index in [2.05, 4.69) is 83.6 Å². The van der Waals surface area contributed by atoms with Gasteiger partial charge in [-0.3, -0.25) is 4.55 Å². The maximum absolute atomic E-state index is 12.1. The van der Waals surface area contributed by atoms with Crippen molar-refractivity contribution in [2.24, 2.45) is 11.3 Å². The van der Waals surface area contributed by atoms with Gasteiger partial charge in [0.2, 0.25) is 0 Å². The Morgan fingerprint density at radius 1 is 0.776 bits per heavy atom. The van der Waals surface area contributed by atoms with Crippen LogP contribution >= 0.6 is 0 Å². The fourth-order valence-corrected chi connectivity index (χ4v) is 8.19. The van der Waals surface area contributed by atoms with Gasteiger partial charge in [-0.15, -0.1) is 0 Å². The Morgan fingerprint density at radius 2 is 1.33 bits per heavy atom. The monoisotopic (exact) mass is 672 g/mol. The number of imidazole rings is 1. The zero-order valence-corrected chi connectivity index (χ0v) is 29.2. The lowest BCUT2D eigenvalue weighted by molar-refractivity contribution is 0.271. The Kier molecular flexibility index (Phi) is 10.0. The number of nitrogens with zero attached hydrogens (tertiary/aromatic N) is 2. The average Bonchev–Trinajstić information content (AvgIpc) is 3.60. The Morgan fingerprint density at radius 3 is 1.90 bits per heavy atom. The number of hydrogen-bond acceptors (Lipinski definition) is 4. The number of benzene rings is 4. The highest BCUT2D eigenvalue weighted by Crippen LogP contribution is 2.46. The first-order valence-electron chi connectivity index (χ1n) is 16.9. The largest absolute Gasteiger partial charge is 0.493 e. The quantitative estimate of drug-likeness (QED) is 0.0765. The highest BCUT2D eigenvalue weighted by Gasteiger charge is 2.40. The van der Waals surface area contributed by atoms with E-state index in [9.17, 15) is 13.0 Å². The molecule has 0 radical (unpaired) electrons. The van der Waals surface area contributed by atoms with Gasteiger partial charge in [0.1, 0.15) is 11.3 Å². The number of allylic oxidation sites excluding steroid dienone is 4. The van der Waals surface area contributed by atoms with Crippen LogP contribution in [0.5, 0.6) is 5.75 Å². The summed E-state index contributed by atoms with van der Waals surface area (Å²) < 4.78 is 42.7. The molecule has 6 rings (SSSR count). The number of aromatic nitrogens is 2. The predicted molar refractivity (Wildman–Crippen MR) is 197 cm³/mol. The van der Waals surface area contributed by atoms with E-state index in [1.54, 1.807) is 12.2 Å². The number of hydrogen-bond donors (Lipinski definition) is 1. The molecule has 0 fully saturated rings. The number of para-hydroxylation sites is 1. The molecule has 1 aromatic heterocycles. The number of unbranched alkanes of at least 4 members (excludes halogenated alkanes) is 2. The van der Waals surface area contributed by atoms with Gasteiger partial charge in [-0.25, -0.2) is 4.98 Å². The number of rotatable bonds is 13. The van der Waals surface area contributed by atoms with E-state index in [0.29, 0.717) is 13.0 Å². The van der Waals surface area contributed by atoms with Crippen molar-refractivity contribution in [3.05, 3.63) is 167 Å². The summed E-state index contributed by atoms with van der Waals surface area (Å²) in [6.45, 7) is 6.64. The predicted octanol–water partition coefficient (Wildman–Crippen LogP) is 9.70. The van der Waals surface area contributed by atoms with Crippen LogP contribution in [0.3, 0.4) is 0 Å². The molecule has 1 atom stereocenters. The molecule has 0 saturated heterocycles. The van der Waals surface area contributed by atoms with Crippen LogP contribution in [0.1, 0.15) is 63.1 Å². The summed E-state index contributed by atoms with van der Waals surface area (Å²) >= 11 is 0. The van der Waals surface area contributed by atoms with Gasteiger partial charge < -0.3 is 9.30 Å². The third-order valence-electron chi connectivity index (χ3n) is 10.1. The van der Waals surface area contributed by atoms with Gasteiger partial charge in [-0.1, -0.05) is 141 Å². The third-order valence-corrected chi connectivity index (χ3v) is 11.1. The molecule has 5 aromatic rings. The molecule has 0 amide bonds. The molecule has 0 saturated carbocycles. The average molecular weight is 673 g/mol. The van der Waals surface area contributed by atoms with Crippen molar-refractivity contribution in [2.45, 2.75) is 52.0 Å². The minimum atomic E-state index is -4.26. The standard InChI is InChI=1S/C42H44N2O4S/c1-32-27-28-40(49(45,46)47)37(41(32,2)3)25-14-7-17-29-48-39-26-16-15-24-36(39)38-30-44(31-43-38)42(33-18-8-4-9-19-33,34-20-10-5-11-21-34)35-22-12-6-13-23-35/h4-6,8-13,15-16,18-24,26-28,30-31,37H,7,14,17,25,29H2,1-3H3,(H,45,46,47). The molecular weight excluding hydrogens is 629 g/mol. The van der Waals surface area contributed by atoms with Crippen molar-refractivity contribution in [1.29, 1.82) is 0 Å². The fraction of sp³-hybridized carbons (Fsp3) is 0.262. The van der Waals surface area contributed by atoms with Gasteiger partial charge in [0.25, 0.3) is 10.1 Å². The van der Waals surface area contributed by atoms with Gasteiger partial charge in [0, 0.05) is 17.7 Å². The molecule has 1 N–H and O–H groups in total. The van der Waals surface area contributed by atoms with Gasteiger partial charge in [0.15, 0.2) is 0 Å². The second-order valence-electron chi connectivity index (χ2n) is 13.3. The van der Waals surface area contributed by atoms with E-state index >= 15 is 0 Å². The van der Waals surface area contributed by atoms with Crippen molar-refractivity contribution in [2.75, 3.05) is 6.61 Å². The first-order valence-corrected chi connectivity index (χ1v) is 18.4. The smallest absolute Gasteiger partial charge is 0.290 e. The Hall–Kier alpha value is -4.72. The molecule has 252 valence electrons. The summed E-state index contributed by atoms with van der Waals surface area (Å²) in [7, 11) is -4.26. The third kappa shape index (κ3) is 6.91. The Bertz CT molecular complexity index is 1940. The molecule has 0 bridgehead atoms. The summed E-state index contributed by atoms with van der Waals surface area (Å²) in [5.74, 6) is 0.502. The lowest BCUT2D eigenvalue weighted by Crippen LogP contribution is -2.36. The maximum Gasteiger partial charge on any atom is 0.290 e.